The monoisotopic (exact) mass is 269 g/mol. The Bertz CT molecular complexity index is 347. The van der Waals surface area contributed by atoms with Crippen LogP contribution < -0.4 is 5.32 Å². The summed E-state index contributed by atoms with van der Waals surface area (Å²) in [6, 6.07) is 10.3. The molecule has 1 unspecified atom stereocenters. The maximum Gasteiger partial charge on any atom is 0.0599 e. The zero-order valence-electron chi connectivity index (χ0n) is 11.8. The van der Waals surface area contributed by atoms with Crippen LogP contribution >= 0.6 is 11.6 Å². The highest BCUT2D eigenvalue weighted by molar-refractivity contribution is 6.18. The van der Waals surface area contributed by atoms with Crippen LogP contribution in [0.3, 0.4) is 0 Å². The third-order valence-corrected chi connectivity index (χ3v) is 3.37. The molecule has 0 amide bonds. The maximum atomic E-state index is 6.11. The fourth-order valence-corrected chi connectivity index (χ4v) is 1.97. The van der Waals surface area contributed by atoms with Gasteiger partial charge in [0, 0.05) is 12.4 Å². The molecule has 1 aromatic carbocycles. The highest BCUT2D eigenvalue weighted by Gasteiger charge is 2.24. The SMILES string of the molecule is CC(C)(C)OCCNC(C)(CCl)c1ccccc1. The summed E-state index contributed by atoms with van der Waals surface area (Å²) in [5.41, 5.74) is 0.909. The number of hydrogen-bond acceptors (Lipinski definition) is 2. The number of nitrogens with one attached hydrogen (secondary N) is 1. The van der Waals surface area contributed by atoms with Crippen molar-refractivity contribution in [3.63, 3.8) is 0 Å². The van der Waals surface area contributed by atoms with Crippen LogP contribution in [0.25, 0.3) is 0 Å². The van der Waals surface area contributed by atoms with Crippen LogP contribution in [0.4, 0.5) is 0 Å². The fourth-order valence-electron chi connectivity index (χ4n) is 1.72. The number of alkyl halides is 1. The molecule has 1 atom stereocenters. The summed E-state index contributed by atoms with van der Waals surface area (Å²) in [5.74, 6) is 0.534. The summed E-state index contributed by atoms with van der Waals surface area (Å²) in [5, 5.41) is 3.48. The molecule has 0 aromatic heterocycles. The molecule has 0 saturated heterocycles. The first-order valence-corrected chi connectivity index (χ1v) is 6.91. The molecule has 0 aliphatic carbocycles. The highest BCUT2D eigenvalue weighted by atomic mass is 35.5. The van der Waals surface area contributed by atoms with Crippen LogP contribution in [0.5, 0.6) is 0 Å². The average molecular weight is 270 g/mol. The largest absolute Gasteiger partial charge is 0.375 e. The van der Waals surface area contributed by atoms with E-state index in [2.05, 4.69) is 45.1 Å². The van der Waals surface area contributed by atoms with Crippen LogP contribution in [0, 0.1) is 0 Å². The van der Waals surface area contributed by atoms with Crippen molar-refractivity contribution in [2.45, 2.75) is 38.8 Å². The molecule has 0 aliphatic rings. The van der Waals surface area contributed by atoms with Gasteiger partial charge in [-0.1, -0.05) is 30.3 Å². The number of hydrogen-bond donors (Lipinski definition) is 1. The van der Waals surface area contributed by atoms with E-state index in [9.17, 15) is 0 Å². The van der Waals surface area contributed by atoms with E-state index in [4.69, 9.17) is 16.3 Å². The Balaban J connectivity index is 2.52. The second-order valence-corrected chi connectivity index (χ2v) is 5.99. The van der Waals surface area contributed by atoms with E-state index in [0.29, 0.717) is 12.5 Å². The topological polar surface area (TPSA) is 21.3 Å². The van der Waals surface area contributed by atoms with Gasteiger partial charge in [-0.15, -0.1) is 11.6 Å². The molecule has 0 spiro atoms. The van der Waals surface area contributed by atoms with Crippen molar-refractivity contribution in [1.29, 1.82) is 0 Å². The lowest BCUT2D eigenvalue weighted by Gasteiger charge is -2.30. The molecule has 0 bridgehead atoms. The van der Waals surface area contributed by atoms with Gasteiger partial charge in [-0.25, -0.2) is 0 Å². The molecule has 18 heavy (non-hydrogen) atoms. The number of rotatable bonds is 6. The van der Waals surface area contributed by atoms with E-state index in [1.165, 1.54) is 5.56 Å². The van der Waals surface area contributed by atoms with Crippen LogP contribution in [0.1, 0.15) is 33.3 Å². The predicted molar refractivity (Wildman–Crippen MR) is 78.2 cm³/mol. The minimum Gasteiger partial charge on any atom is -0.375 e. The summed E-state index contributed by atoms with van der Waals surface area (Å²) in [6.45, 7) is 9.77. The minimum atomic E-state index is -0.204. The van der Waals surface area contributed by atoms with Gasteiger partial charge in [-0.3, -0.25) is 0 Å². The first-order valence-electron chi connectivity index (χ1n) is 6.38. The second kappa shape index (κ2) is 6.55. The molecule has 102 valence electrons. The van der Waals surface area contributed by atoms with Gasteiger partial charge >= 0.3 is 0 Å². The van der Waals surface area contributed by atoms with Gasteiger partial charge in [0.05, 0.1) is 17.7 Å². The van der Waals surface area contributed by atoms with E-state index in [1.54, 1.807) is 0 Å². The van der Waals surface area contributed by atoms with E-state index < -0.39 is 0 Å². The van der Waals surface area contributed by atoms with Crippen LogP contribution in [0.2, 0.25) is 0 Å². The van der Waals surface area contributed by atoms with Crippen LogP contribution in [-0.2, 0) is 10.3 Å². The fraction of sp³-hybridized carbons (Fsp3) is 0.600. The molecule has 2 nitrogen and oxygen atoms in total. The Hall–Kier alpha value is -0.570. The number of halogens is 1. The first kappa shape index (κ1) is 15.5. The van der Waals surface area contributed by atoms with Gasteiger partial charge < -0.3 is 10.1 Å². The third kappa shape index (κ3) is 4.97. The molecule has 0 fully saturated rings. The Labute approximate surface area is 116 Å². The second-order valence-electron chi connectivity index (χ2n) is 5.72. The normalized spacial score (nSPS) is 15.4. The van der Waals surface area contributed by atoms with Crippen molar-refractivity contribution >= 4 is 11.6 Å². The van der Waals surface area contributed by atoms with Crippen LogP contribution in [0.15, 0.2) is 30.3 Å². The third-order valence-electron chi connectivity index (χ3n) is 2.83. The number of benzene rings is 1. The zero-order chi connectivity index (χ0) is 13.6. The van der Waals surface area contributed by atoms with Crippen molar-refractivity contribution in [2.75, 3.05) is 19.0 Å². The van der Waals surface area contributed by atoms with Gasteiger partial charge in [0.25, 0.3) is 0 Å². The lowest BCUT2D eigenvalue weighted by atomic mass is 9.94. The van der Waals surface area contributed by atoms with Crippen molar-refractivity contribution in [3.8, 4) is 0 Å². The number of ether oxygens (including phenoxy) is 1. The molecule has 1 rings (SSSR count). The summed E-state index contributed by atoms with van der Waals surface area (Å²) < 4.78 is 5.70. The van der Waals surface area contributed by atoms with Crippen LogP contribution in [-0.4, -0.2) is 24.6 Å². The summed E-state index contributed by atoms with van der Waals surface area (Å²) in [4.78, 5) is 0. The molecular weight excluding hydrogens is 246 g/mol. The van der Waals surface area contributed by atoms with E-state index in [-0.39, 0.29) is 11.1 Å². The van der Waals surface area contributed by atoms with Gasteiger partial charge in [0.1, 0.15) is 0 Å². The lowest BCUT2D eigenvalue weighted by molar-refractivity contribution is -0.00284. The van der Waals surface area contributed by atoms with Crippen molar-refractivity contribution in [2.24, 2.45) is 0 Å². The summed E-state index contributed by atoms with van der Waals surface area (Å²) in [7, 11) is 0. The van der Waals surface area contributed by atoms with Crippen molar-refractivity contribution < 1.29 is 4.74 Å². The molecule has 1 aromatic rings. The predicted octanol–water partition coefficient (Wildman–Crippen LogP) is 3.55. The Morgan fingerprint density at radius 2 is 1.72 bits per heavy atom. The zero-order valence-corrected chi connectivity index (χ0v) is 12.6. The lowest BCUT2D eigenvalue weighted by Crippen LogP contribution is -2.43. The Kier molecular flexibility index (Phi) is 5.64. The summed E-state index contributed by atoms with van der Waals surface area (Å²) >= 11 is 6.11. The van der Waals surface area contributed by atoms with Gasteiger partial charge in [-0.2, -0.15) is 0 Å². The highest BCUT2D eigenvalue weighted by Crippen LogP contribution is 2.21. The Morgan fingerprint density at radius 1 is 1.11 bits per heavy atom. The summed E-state index contributed by atoms with van der Waals surface area (Å²) in [6.07, 6.45) is 0. The molecular formula is C15H24ClNO. The molecule has 1 N–H and O–H groups in total. The first-order chi connectivity index (χ1) is 8.37. The van der Waals surface area contributed by atoms with Crippen molar-refractivity contribution in [3.05, 3.63) is 35.9 Å². The molecule has 0 aliphatic heterocycles. The quantitative estimate of drug-likeness (QED) is 0.630. The van der Waals surface area contributed by atoms with E-state index >= 15 is 0 Å². The molecule has 0 heterocycles. The van der Waals surface area contributed by atoms with E-state index in [1.807, 2.05) is 18.2 Å². The Morgan fingerprint density at radius 3 is 2.22 bits per heavy atom. The molecule has 3 heteroatoms. The molecule has 0 saturated carbocycles. The maximum absolute atomic E-state index is 6.11. The smallest absolute Gasteiger partial charge is 0.0599 e. The molecule has 0 radical (unpaired) electrons. The van der Waals surface area contributed by atoms with Gasteiger partial charge in [0.2, 0.25) is 0 Å². The standard InChI is InChI=1S/C15H24ClNO/c1-14(2,3)18-11-10-17-15(4,12-16)13-8-6-5-7-9-13/h5-9,17H,10-12H2,1-4H3. The van der Waals surface area contributed by atoms with Gasteiger partial charge in [0.15, 0.2) is 0 Å². The average Bonchev–Trinajstić information content (AvgIpc) is 2.34. The van der Waals surface area contributed by atoms with Gasteiger partial charge in [-0.05, 0) is 33.3 Å². The van der Waals surface area contributed by atoms with E-state index in [0.717, 1.165) is 6.54 Å². The van der Waals surface area contributed by atoms with Crippen molar-refractivity contribution in [1.82, 2.24) is 5.32 Å². The minimum absolute atomic E-state index is 0.0915.